The minimum absolute atomic E-state index is 0.0193. The molecule has 1 aliphatic heterocycles. The molecule has 26 nitrogen and oxygen atoms in total. The Morgan fingerprint density at radius 2 is 1.56 bits per heavy atom. The number of phosphoric acid groups is 3. The maximum atomic E-state index is 13.0. The molecule has 2 aliphatic rings. The summed E-state index contributed by atoms with van der Waals surface area (Å²) in [6.07, 6.45) is 1.49. The molecule has 7 unspecified atom stereocenters. The number of nitrogens with zero attached hydrogens (tertiary/aromatic N) is 4. The van der Waals surface area contributed by atoms with Gasteiger partial charge in [-0.3, -0.25) is 32.9 Å². The third kappa shape index (κ3) is 17.5. The number of nitrogens with two attached hydrogens (primary N) is 1. The van der Waals surface area contributed by atoms with E-state index in [2.05, 4.69) is 67.7 Å². The number of Topliss-reactive ketones (excluding diaryl/α,β-unsaturated/α-hetero) is 1. The normalized spacial score (nSPS) is 21.1. The zero-order valence-corrected chi connectivity index (χ0v) is 43.0. The van der Waals surface area contributed by atoms with E-state index in [0.29, 0.717) is 12.9 Å². The lowest BCUT2D eigenvalue weighted by molar-refractivity contribution is -0.347. The number of ketones is 1. The zero-order valence-electron chi connectivity index (χ0n) is 40.3. The first-order chi connectivity index (χ1) is 33.7. The van der Waals surface area contributed by atoms with Gasteiger partial charge in [0.05, 0.1) is 27.4 Å². The molecular weight excluding hydrogens is 1010 g/mol. The molecule has 402 valence electrons. The van der Waals surface area contributed by atoms with Gasteiger partial charge in [0, 0.05) is 36.8 Å². The summed E-state index contributed by atoms with van der Waals surface area (Å²) in [4.78, 5) is 109. The number of aliphatic hydroxyl groups excluding tert-OH is 2. The minimum atomic E-state index is -5.94. The summed E-state index contributed by atoms with van der Waals surface area (Å²) >= 11 is 0. The second-order valence-corrected chi connectivity index (χ2v) is 23.2. The maximum Gasteiger partial charge on any atom is 0.293 e. The molecule has 6 N–H and O–H groups in total. The summed E-state index contributed by atoms with van der Waals surface area (Å²) in [5.41, 5.74) is 5.72. The summed E-state index contributed by atoms with van der Waals surface area (Å²) < 4.78 is 66.2. The van der Waals surface area contributed by atoms with Crippen molar-refractivity contribution in [3.8, 4) is 0 Å². The van der Waals surface area contributed by atoms with Crippen molar-refractivity contribution in [2.45, 2.75) is 141 Å². The van der Waals surface area contributed by atoms with Gasteiger partial charge in [-0.25, -0.2) is 19.3 Å². The van der Waals surface area contributed by atoms with Gasteiger partial charge in [0.25, 0.3) is 22.1 Å². The Kier molecular flexibility index (Phi) is 20.4. The van der Waals surface area contributed by atoms with Gasteiger partial charge < -0.3 is 73.8 Å². The number of fused-ring (bicyclic) bond motifs is 1. The second kappa shape index (κ2) is 25.0. The Hall–Kier alpha value is -4.10. The molecule has 1 saturated heterocycles. The highest BCUT2D eigenvalue weighted by atomic mass is 31.3. The predicted molar refractivity (Wildman–Crippen MR) is 245 cm³/mol. The largest absolute Gasteiger partial charge is 0.790 e. The smallest absolute Gasteiger partial charge is 0.293 e. The summed E-state index contributed by atoms with van der Waals surface area (Å²) in [6.45, 7) is 4.21. The number of ether oxygens (including phenoxy) is 2. The number of nitrogen functional groups attached to an aromatic ring is 1. The van der Waals surface area contributed by atoms with Crippen molar-refractivity contribution in [1.29, 1.82) is 0 Å². The SMILES string of the molecule is CC(C)(CCCCc1ccc(CCCCC2(OC=O)CC2)cc1)C(=O)CCNC(=O)CCNC(=O)C(O)C(C)(C)COP(=O)([O-])OP(=O)([O-])OCC1OC(n2cnc3c(N)ncnc32)C(O)C1OP(=O)([O-])[O-]. The van der Waals surface area contributed by atoms with Crippen molar-refractivity contribution in [3.63, 3.8) is 0 Å². The molecule has 2 fully saturated rings. The van der Waals surface area contributed by atoms with Crippen molar-refractivity contribution in [1.82, 2.24) is 30.2 Å². The van der Waals surface area contributed by atoms with Gasteiger partial charge in [-0.2, -0.15) is 0 Å². The first kappa shape index (κ1) is 58.8. The number of carbonyl (C=O) groups is 4. The Morgan fingerprint density at radius 3 is 2.18 bits per heavy atom. The van der Waals surface area contributed by atoms with Crippen molar-refractivity contribution < 1.29 is 90.0 Å². The Labute approximate surface area is 415 Å². The average Bonchev–Trinajstić information content (AvgIpc) is 3.82. The van der Waals surface area contributed by atoms with E-state index in [4.69, 9.17) is 15.2 Å². The average molecular weight is 1070 g/mol. The number of anilines is 1. The van der Waals surface area contributed by atoms with E-state index >= 15 is 0 Å². The zero-order chi connectivity index (χ0) is 53.1. The van der Waals surface area contributed by atoms with Crippen LogP contribution in [0.4, 0.5) is 5.82 Å². The van der Waals surface area contributed by atoms with Crippen LogP contribution in [0.15, 0.2) is 36.9 Å². The summed E-state index contributed by atoms with van der Waals surface area (Å²) in [7, 11) is -17.7. The van der Waals surface area contributed by atoms with Gasteiger partial charge in [0.15, 0.2) is 17.7 Å². The van der Waals surface area contributed by atoms with E-state index in [1.54, 1.807) is 0 Å². The molecule has 0 radical (unpaired) electrons. The number of benzene rings is 1. The number of hydrogen-bond acceptors (Lipinski definition) is 23. The van der Waals surface area contributed by atoms with Gasteiger partial charge in [-0.1, -0.05) is 58.4 Å². The Bertz CT molecular complexity index is 2490. The Balaban J connectivity index is 0.960. The molecule has 0 bridgehead atoms. The molecule has 3 heterocycles. The number of imidazole rings is 1. The molecular formula is C43H62N7O19P3-4. The Morgan fingerprint density at radius 1 is 0.931 bits per heavy atom. The van der Waals surface area contributed by atoms with Crippen molar-refractivity contribution >= 4 is 64.5 Å². The first-order valence-corrected chi connectivity index (χ1v) is 27.6. The van der Waals surface area contributed by atoms with Gasteiger partial charge >= 0.3 is 0 Å². The van der Waals surface area contributed by atoms with Crippen LogP contribution >= 0.6 is 23.5 Å². The van der Waals surface area contributed by atoms with Crippen LogP contribution < -0.4 is 35.9 Å². The van der Waals surface area contributed by atoms with Crippen LogP contribution in [-0.4, -0.2) is 110 Å². The number of phosphoric ester groups is 3. The molecule has 1 aliphatic carbocycles. The van der Waals surface area contributed by atoms with Crippen LogP contribution in [0.1, 0.15) is 109 Å². The van der Waals surface area contributed by atoms with Crippen LogP contribution in [0, 0.1) is 10.8 Å². The predicted octanol–water partition coefficient (Wildman–Crippen LogP) is 0.694. The number of hydrogen-bond donors (Lipinski definition) is 5. The molecule has 7 atom stereocenters. The highest BCUT2D eigenvalue weighted by Gasteiger charge is 2.48. The van der Waals surface area contributed by atoms with E-state index < -0.39 is 90.0 Å². The molecule has 1 saturated carbocycles. The fourth-order valence-electron chi connectivity index (χ4n) is 7.92. The van der Waals surface area contributed by atoms with E-state index in [1.807, 2.05) is 13.8 Å². The fraction of sp³-hybridized carbons (Fsp3) is 0.651. The van der Waals surface area contributed by atoms with Crippen LogP contribution in [0.3, 0.4) is 0 Å². The molecule has 2 aromatic heterocycles. The molecule has 2 amide bonds. The van der Waals surface area contributed by atoms with Crippen LogP contribution in [-0.2, 0) is 73.1 Å². The quantitative estimate of drug-likeness (QED) is 0.0326. The number of rotatable bonds is 32. The topological polar surface area (TPSA) is 401 Å². The third-order valence-electron chi connectivity index (χ3n) is 12.5. The third-order valence-corrected chi connectivity index (χ3v) is 15.5. The molecule has 0 spiro atoms. The fourth-order valence-corrected chi connectivity index (χ4v) is 10.7. The highest BCUT2D eigenvalue weighted by Crippen LogP contribution is 2.56. The molecule has 3 aromatic rings. The number of aliphatic hydroxyl groups is 2. The van der Waals surface area contributed by atoms with Gasteiger partial charge in [-0.15, -0.1) is 0 Å². The number of carbonyl (C=O) groups excluding carboxylic acids is 4. The van der Waals surface area contributed by atoms with Crippen LogP contribution in [0.2, 0.25) is 0 Å². The minimum Gasteiger partial charge on any atom is -0.790 e. The summed E-state index contributed by atoms with van der Waals surface area (Å²) in [5.74, 6) is -1.62. The van der Waals surface area contributed by atoms with Crippen LogP contribution in [0.5, 0.6) is 0 Å². The number of unbranched alkanes of at least 4 members (excludes halogenated alkanes) is 2. The number of aromatic nitrogens is 4. The summed E-state index contributed by atoms with van der Waals surface area (Å²) in [5, 5.41) is 26.5. The monoisotopic (exact) mass is 1070 g/mol. The van der Waals surface area contributed by atoms with E-state index in [1.165, 1.54) is 25.0 Å². The van der Waals surface area contributed by atoms with E-state index in [0.717, 1.165) is 75.0 Å². The van der Waals surface area contributed by atoms with Crippen molar-refractivity contribution in [3.05, 3.63) is 48.0 Å². The van der Waals surface area contributed by atoms with Gasteiger partial charge in [0.2, 0.25) is 11.8 Å². The molecule has 72 heavy (non-hydrogen) atoms. The lowest BCUT2D eigenvalue weighted by atomic mass is 9.81. The first-order valence-electron chi connectivity index (χ1n) is 23.2. The number of aryl methyl sites for hydroxylation is 2. The lowest BCUT2D eigenvalue weighted by Gasteiger charge is -2.36. The molecule has 29 heteroatoms. The van der Waals surface area contributed by atoms with Crippen molar-refractivity contribution in [2.24, 2.45) is 10.8 Å². The van der Waals surface area contributed by atoms with Gasteiger partial charge in [0.1, 0.15) is 47.6 Å². The number of amides is 2. The van der Waals surface area contributed by atoms with E-state index in [9.17, 15) is 62.7 Å². The van der Waals surface area contributed by atoms with Crippen molar-refractivity contribution in [2.75, 3.05) is 32.0 Å². The van der Waals surface area contributed by atoms with Gasteiger partial charge in [-0.05, 0) is 68.9 Å². The van der Waals surface area contributed by atoms with Crippen LogP contribution in [0.25, 0.3) is 11.2 Å². The maximum absolute atomic E-state index is 13.0. The molecule has 5 rings (SSSR count). The second-order valence-electron chi connectivity index (χ2n) is 19.2. The molecule has 1 aromatic carbocycles. The highest BCUT2D eigenvalue weighted by molar-refractivity contribution is 7.59. The lowest BCUT2D eigenvalue weighted by Crippen LogP contribution is -2.46. The van der Waals surface area contributed by atoms with E-state index in [-0.39, 0.29) is 54.3 Å². The standard InChI is InChI=1S/C43H66N7O19P3/c1-41(2,17-7-5-9-28-11-13-29(14-12-28)10-6-8-18-43(19-20-43)64-27-51)31(52)15-21-45-32(53)16-22-46-39(56)36(55)42(3,4)24-66-72(62,63)69-71(60,61)65-23-30-35(68-70(57,58)59)34(54)40(67-30)50-26-49-33-37(44)47-25-48-38(33)50/h11-14,25-27,30,34-36,40,54-55H,5-10,15-24H2,1-4H3,(H,45,53)(H,46,56)(H,60,61)(H,62,63)(H2,44,47,48)(H2,57,58,59)/p-4. The number of nitrogens with one attached hydrogen (secondary N) is 2. The summed E-state index contributed by atoms with van der Waals surface area (Å²) in [6, 6.07) is 8.56.